The number of anilines is 1. The zero-order chi connectivity index (χ0) is 21.6. The van der Waals surface area contributed by atoms with Crippen LogP contribution in [-0.4, -0.2) is 38.8 Å². The van der Waals surface area contributed by atoms with Gasteiger partial charge in [-0.15, -0.1) is 14.8 Å². The summed E-state index contributed by atoms with van der Waals surface area (Å²) in [6.45, 7) is 0.115. The van der Waals surface area contributed by atoms with Gasteiger partial charge in [0, 0.05) is 18.9 Å². The topological polar surface area (TPSA) is 89.4 Å². The lowest BCUT2D eigenvalue weighted by Gasteiger charge is -2.37. The van der Waals surface area contributed by atoms with Crippen molar-refractivity contribution in [2.45, 2.75) is 18.5 Å². The maximum atomic E-state index is 14.2. The summed E-state index contributed by atoms with van der Waals surface area (Å²) >= 11 is 0. The molecule has 0 radical (unpaired) electrons. The Morgan fingerprint density at radius 1 is 1.13 bits per heavy atom. The first-order valence-electron chi connectivity index (χ1n) is 8.94. The van der Waals surface area contributed by atoms with Gasteiger partial charge in [0.2, 0.25) is 5.91 Å². The minimum absolute atomic E-state index is 0.0370. The van der Waals surface area contributed by atoms with Crippen LogP contribution in [0, 0.1) is 17.6 Å². The Kier molecular flexibility index (Phi) is 4.88. The lowest BCUT2D eigenvalue weighted by Crippen LogP contribution is -2.46. The van der Waals surface area contributed by atoms with Crippen molar-refractivity contribution in [3.63, 3.8) is 0 Å². The summed E-state index contributed by atoms with van der Waals surface area (Å²) in [5, 5.41) is 7.26. The fourth-order valence-corrected chi connectivity index (χ4v) is 3.59. The molecule has 4 rings (SSSR count). The highest BCUT2D eigenvalue weighted by Gasteiger charge is 2.38. The molecule has 1 fully saturated rings. The summed E-state index contributed by atoms with van der Waals surface area (Å²) in [7, 11) is 0. The van der Waals surface area contributed by atoms with Crippen molar-refractivity contribution in [3.8, 4) is 0 Å². The van der Waals surface area contributed by atoms with Crippen LogP contribution in [0.3, 0.4) is 0 Å². The van der Waals surface area contributed by atoms with E-state index in [0.29, 0.717) is 4.63 Å². The molecular formula is C18H15F5N6O. The Morgan fingerprint density at radius 3 is 2.60 bits per heavy atom. The van der Waals surface area contributed by atoms with Gasteiger partial charge in [-0.05, 0) is 48.4 Å². The van der Waals surface area contributed by atoms with Gasteiger partial charge in [-0.3, -0.25) is 9.69 Å². The molecule has 2 aromatic heterocycles. The third-order valence-corrected chi connectivity index (χ3v) is 5.07. The van der Waals surface area contributed by atoms with Gasteiger partial charge in [0.15, 0.2) is 11.5 Å². The molecule has 0 spiro atoms. The van der Waals surface area contributed by atoms with Crippen molar-refractivity contribution in [3.05, 3.63) is 53.4 Å². The number of fused-ring (bicyclic) bond motifs is 1. The summed E-state index contributed by atoms with van der Waals surface area (Å²) in [6, 6.07) is 5.63. The number of carbonyl (C=O) groups excluding carboxylic acids is 1. The molecule has 1 aliphatic heterocycles. The summed E-state index contributed by atoms with van der Waals surface area (Å²) in [5.41, 5.74) is 5.75. The summed E-state index contributed by atoms with van der Waals surface area (Å²) in [4.78, 5) is 17.3. The van der Waals surface area contributed by atoms with Crippen LogP contribution in [0.25, 0.3) is 5.65 Å². The fourth-order valence-electron chi connectivity index (χ4n) is 3.59. The van der Waals surface area contributed by atoms with Gasteiger partial charge < -0.3 is 5.73 Å². The van der Waals surface area contributed by atoms with E-state index in [0.717, 1.165) is 18.2 Å². The van der Waals surface area contributed by atoms with E-state index in [1.165, 1.54) is 17.0 Å². The van der Waals surface area contributed by atoms with Crippen molar-refractivity contribution >= 4 is 17.4 Å². The van der Waals surface area contributed by atoms with E-state index in [2.05, 4.69) is 15.2 Å². The van der Waals surface area contributed by atoms with Crippen LogP contribution in [0.4, 0.5) is 27.8 Å². The smallest absolute Gasteiger partial charge is 0.330 e. The largest absolute Gasteiger partial charge is 0.453 e. The Labute approximate surface area is 166 Å². The number of carbonyl (C=O) groups is 1. The van der Waals surface area contributed by atoms with Crippen LogP contribution in [-0.2, 0) is 11.0 Å². The molecule has 2 N–H and O–H groups in total. The molecule has 1 saturated heterocycles. The quantitative estimate of drug-likeness (QED) is 0.651. The first kappa shape index (κ1) is 20.1. The van der Waals surface area contributed by atoms with Gasteiger partial charge in [0.05, 0.1) is 0 Å². The van der Waals surface area contributed by atoms with E-state index < -0.39 is 41.4 Å². The van der Waals surface area contributed by atoms with Crippen LogP contribution >= 0.6 is 0 Å². The lowest BCUT2D eigenvalue weighted by molar-refractivity contribution is -0.144. The molecule has 158 valence electrons. The molecule has 0 saturated carbocycles. The zero-order valence-electron chi connectivity index (χ0n) is 15.3. The normalized spacial score (nSPS) is 20.2. The van der Waals surface area contributed by atoms with E-state index in [4.69, 9.17) is 5.73 Å². The predicted octanol–water partition coefficient (Wildman–Crippen LogP) is 2.52. The van der Waals surface area contributed by atoms with Crippen LogP contribution in [0.5, 0.6) is 0 Å². The number of halogens is 5. The molecule has 3 aromatic rings. The molecule has 3 heterocycles. The Bertz CT molecular complexity index is 1110. The van der Waals surface area contributed by atoms with Gasteiger partial charge in [-0.25, -0.2) is 13.8 Å². The standard InChI is InChI=1S/C18H15F5N6O/c19-10-1-2-13(20)12(5-10)11-6-16(30)28(8-9(11)7-24)15-4-3-14-25-17(18(21,22)23)27-29(14)26-15/h1-5,9,11H,6-8,24H2/t9-,11-/m0/s1. The van der Waals surface area contributed by atoms with Crippen LogP contribution < -0.4 is 10.6 Å². The highest BCUT2D eigenvalue weighted by atomic mass is 19.4. The van der Waals surface area contributed by atoms with Crippen molar-refractivity contribution in [2.24, 2.45) is 11.7 Å². The number of benzene rings is 1. The molecule has 1 aromatic carbocycles. The minimum atomic E-state index is -4.73. The van der Waals surface area contributed by atoms with Crippen LogP contribution in [0.1, 0.15) is 23.7 Å². The molecule has 1 amide bonds. The lowest BCUT2D eigenvalue weighted by atomic mass is 9.80. The molecule has 0 unspecified atom stereocenters. The summed E-state index contributed by atoms with van der Waals surface area (Å²) < 4.78 is 66.9. The number of aromatic nitrogens is 4. The van der Waals surface area contributed by atoms with Crippen molar-refractivity contribution in [1.82, 2.24) is 19.8 Å². The van der Waals surface area contributed by atoms with Crippen LogP contribution in [0.15, 0.2) is 30.3 Å². The summed E-state index contributed by atoms with van der Waals surface area (Å²) in [5.74, 6) is -4.06. The monoisotopic (exact) mass is 426 g/mol. The number of amides is 1. The van der Waals surface area contributed by atoms with Gasteiger partial charge in [0.1, 0.15) is 11.6 Å². The Hall–Kier alpha value is -3.15. The van der Waals surface area contributed by atoms with Gasteiger partial charge in [-0.2, -0.15) is 13.2 Å². The first-order valence-corrected chi connectivity index (χ1v) is 8.94. The molecule has 0 aliphatic carbocycles. The van der Waals surface area contributed by atoms with Gasteiger partial charge >= 0.3 is 6.18 Å². The molecule has 7 nitrogen and oxygen atoms in total. The van der Waals surface area contributed by atoms with Crippen molar-refractivity contribution in [1.29, 1.82) is 0 Å². The average Bonchev–Trinajstić information content (AvgIpc) is 3.13. The van der Waals surface area contributed by atoms with Crippen molar-refractivity contribution in [2.75, 3.05) is 18.0 Å². The second-order valence-corrected chi connectivity index (χ2v) is 6.95. The van der Waals surface area contributed by atoms with Gasteiger partial charge in [-0.1, -0.05) is 0 Å². The maximum Gasteiger partial charge on any atom is 0.453 e. The fraction of sp³-hybridized carbons (Fsp3) is 0.333. The zero-order valence-corrected chi connectivity index (χ0v) is 15.3. The third kappa shape index (κ3) is 3.58. The van der Waals surface area contributed by atoms with Gasteiger partial charge in [0.25, 0.3) is 5.82 Å². The number of hydrogen-bond donors (Lipinski definition) is 1. The highest BCUT2D eigenvalue weighted by Crippen LogP contribution is 2.36. The number of nitrogens with two attached hydrogens (primary N) is 1. The van der Waals surface area contributed by atoms with E-state index in [1.54, 1.807) is 0 Å². The van der Waals surface area contributed by atoms with E-state index in [-0.39, 0.29) is 36.5 Å². The molecule has 1 aliphatic rings. The number of piperidine rings is 1. The second-order valence-electron chi connectivity index (χ2n) is 6.95. The van der Waals surface area contributed by atoms with Crippen molar-refractivity contribution < 1.29 is 26.7 Å². The maximum absolute atomic E-state index is 14.2. The molecule has 30 heavy (non-hydrogen) atoms. The highest BCUT2D eigenvalue weighted by molar-refractivity contribution is 5.94. The average molecular weight is 426 g/mol. The molecule has 12 heteroatoms. The third-order valence-electron chi connectivity index (χ3n) is 5.07. The Balaban J connectivity index is 1.65. The molecular weight excluding hydrogens is 411 g/mol. The number of nitrogens with zero attached hydrogens (tertiary/aromatic N) is 5. The number of rotatable bonds is 3. The molecule has 2 atom stereocenters. The molecule has 0 bridgehead atoms. The SMILES string of the molecule is NC[C@H]1CN(c2ccc3nc(C(F)(F)F)nn3n2)C(=O)C[C@@H]1c1cc(F)ccc1F. The number of alkyl halides is 3. The first-order chi connectivity index (χ1) is 14.2. The van der Waals surface area contributed by atoms with E-state index in [1.807, 2.05) is 0 Å². The second kappa shape index (κ2) is 7.27. The van der Waals surface area contributed by atoms with E-state index >= 15 is 0 Å². The van der Waals surface area contributed by atoms with E-state index in [9.17, 15) is 26.7 Å². The van der Waals surface area contributed by atoms with Crippen LogP contribution in [0.2, 0.25) is 0 Å². The Morgan fingerprint density at radius 2 is 1.90 bits per heavy atom. The summed E-state index contributed by atoms with van der Waals surface area (Å²) in [6.07, 6.45) is -4.89. The number of hydrogen-bond acceptors (Lipinski definition) is 5. The predicted molar refractivity (Wildman–Crippen MR) is 94.4 cm³/mol. The minimum Gasteiger partial charge on any atom is -0.330 e.